The van der Waals surface area contributed by atoms with Gasteiger partial charge in [-0.05, 0) is 30.2 Å². The molecule has 1 amide bonds. The number of hydrogen-bond donors (Lipinski definition) is 1. The first kappa shape index (κ1) is 22.4. The predicted molar refractivity (Wildman–Crippen MR) is 133 cm³/mol. The quantitative estimate of drug-likeness (QED) is 0.626. The summed E-state index contributed by atoms with van der Waals surface area (Å²) in [6, 6.07) is 16.1. The van der Waals surface area contributed by atoms with Gasteiger partial charge in [-0.15, -0.1) is 5.10 Å². The maximum atomic E-state index is 13.2. The molecule has 0 aromatic heterocycles. The Morgan fingerprint density at radius 3 is 2.53 bits per heavy atom. The van der Waals surface area contributed by atoms with Gasteiger partial charge in [0.05, 0.1) is 5.36 Å². The molecule has 0 radical (unpaired) electrons. The highest BCUT2D eigenvalue weighted by atomic mass is 32.2. The Bertz CT molecular complexity index is 1110. The molecule has 0 saturated heterocycles. The highest BCUT2D eigenvalue weighted by Gasteiger charge is 2.34. The van der Waals surface area contributed by atoms with Crippen LogP contribution >= 0.6 is 11.8 Å². The van der Waals surface area contributed by atoms with Crippen LogP contribution in [0.5, 0.6) is 0 Å². The van der Waals surface area contributed by atoms with Gasteiger partial charge in [-0.25, -0.2) is 5.01 Å². The van der Waals surface area contributed by atoms with Crippen LogP contribution in [0, 0.1) is 0 Å². The average molecular weight is 450 g/mol. The molecule has 1 N–H and O–H groups in total. The number of hydrogen-bond acceptors (Lipinski definition) is 6. The van der Waals surface area contributed by atoms with Gasteiger partial charge in [-0.1, -0.05) is 74.7 Å². The number of para-hydroxylation sites is 1. The number of amidine groups is 1. The number of anilines is 1. The average Bonchev–Trinajstić information content (AvgIpc) is 2.80. The Balaban J connectivity index is 1.64. The Morgan fingerprint density at radius 1 is 1.03 bits per heavy atom. The zero-order valence-electron chi connectivity index (χ0n) is 19.0. The molecule has 0 spiro atoms. The number of amides is 1. The molecule has 6 nitrogen and oxygen atoms in total. The maximum absolute atomic E-state index is 13.2. The van der Waals surface area contributed by atoms with Gasteiger partial charge in [0.1, 0.15) is 5.70 Å². The third-order valence-corrected chi connectivity index (χ3v) is 6.66. The van der Waals surface area contributed by atoms with Gasteiger partial charge in [0.15, 0.2) is 11.3 Å². The third kappa shape index (κ3) is 4.83. The molecular formula is C25H31N5OS. The fourth-order valence-electron chi connectivity index (χ4n) is 3.93. The van der Waals surface area contributed by atoms with Crippen molar-refractivity contribution in [1.29, 1.82) is 0 Å². The lowest BCUT2D eigenvalue weighted by Gasteiger charge is -2.34. The van der Waals surface area contributed by atoms with E-state index in [4.69, 9.17) is 10.1 Å². The van der Waals surface area contributed by atoms with Crippen molar-refractivity contribution in [3.05, 3.63) is 64.7 Å². The Morgan fingerprint density at radius 2 is 1.78 bits per heavy atom. The summed E-state index contributed by atoms with van der Waals surface area (Å²) in [4.78, 5) is 20.2. The number of carbonyl (C=O) groups excluding carboxylic acids is 1. The largest absolute Gasteiger partial charge is 0.378 e. The minimum atomic E-state index is -0.373. The van der Waals surface area contributed by atoms with Crippen molar-refractivity contribution in [1.82, 2.24) is 10.3 Å². The molecule has 0 saturated carbocycles. The van der Waals surface area contributed by atoms with Gasteiger partial charge in [-0.3, -0.25) is 15.1 Å². The second-order valence-corrected chi connectivity index (χ2v) is 9.40. The number of nitrogens with zero attached hydrogens (tertiary/aromatic N) is 4. The fourth-order valence-corrected chi connectivity index (χ4v) is 4.78. The molecule has 32 heavy (non-hydrogen) atoms. The summed E-state index contributed by atoms with van der Waals surface area (Å²) >= 11 is 1.61. The lowest BCUT2D eigenvalue weighted by atomic mass is 10.1. The summed E-state index contributed by atoms with van der Waals surface area (Å²) < 4.78 is 0. The van der Waals surface area contributed by atoms with Gasteiger partial charge in [0.2, 0.25) is 0 Å². The molecule has 2 aliphatic heterocycles. The Labute approximate surface area is 194 Å². The zero-order chi connectivity index (χ0) is 22.5. The summed E-state index contributed by atoms with van der Waals surface area (Å²) in [7, 11) is 4.04. The van der Waals surface area contributed by atoms with Crippen molar-refractivity contribution in [2.75, 3.05) is 24.7 Å². The highest BCUT2D eigenvalue weighted by molar-refractivity contribution is 8.13. The van der Waals surface area contributed by atoms with Crippen LogP contribution in [0.1, 0.15) is 50.8 Å². The van der Waals surface area contributed by atoms with E-state index < -0.39 is 0 Å². The summed E-state index contributed by atoms with van der Waals surface area (Å²) in [6.45, 7) is 2.22. The fraction of sp³-hybridized carbons (Fsp3) is 0.400. The number of fused-ring (bicyclic) bond motifs is 2. The highest BCUT2D eigenvalue weighted by Crippen LogP contribution is 2.31. The number of rotatable bonds is 8. The van der Waals surface area contributed by atoms with E-state index in [0.717, 1.165) is 34.0 Å². The van der Waals surface area contributed by atoms with E-state index in [1.807, 2.05) is 38.4 Å². The monoisotopic (exact) mass is 449 g/mol. The summed E-state index contributed by atoms with van der Waals surface area (Å²) in [5.41, 5.74) is 2.68. The lowest BCUT2D eigenvalue weighted by molar-refractivity contribution is -0.116. The SMILES string of the molecule is CCCCCCCSC1=NN2C(=c3ccccc3=NC2c2ccc(N(C)C)cc2)C(=O)N1. The van der Waals surface area contributed by atoms with Crippen molar-refractivity contribution in [3.8, 4) is 0 Å². The predicted octanol–water partition coefficient (Wildman–Crippen LogP) is 3.60. The van der Waals surface area contributed by atoms with Crippen LogP contribution < -0.4 is 20.8 Å². The summed E-state index contributed by atoms with van der Waals surface area (Å²) in [6.07, 6.45) is 5.75. The molecule has 2 heterocycles. The number of thioether (sulfide) groups is 1. The number of benzene rings is 2. The summed E-state index contributed by atoms with van der Waals surface area (Å²) in [5, 5.41) is 11.9. The van der Waals surface area contributed by atoms with Crippen molar-refractivity contribution >= 4 is 34.2 Å². The molecule has 0 aliphatic carbocycles. The van der Waals surface area contributed by atoms with E-state index in [-0.39, 0.29) is 12.1 Å². The van der Waals surface area contributed by atoms with Crippen LogP contribution in [0.25, 0.3) is 5.70 Å². The smallest absolute Gasteiger partial charge is 0.276 e. The lowest BCUT2D eigenvalue weighted by Crippen LogP contribution is -2.50. The molecule has 1 unspecified atom stereocenters. The normalized spacial score (nSPS) is 17.2. The van der Waals surface area contributed by atoms with Crippen LogP contribution in [0.2, 0.25) is 0 Å². The number of nitrogens with one attached hydrogen (secondary N) is 1. The van der Waals surface area contributed by atoms with Crippen LogP contribution in [-0.2, 0) is 4.79 Å². The molecule has 2 aromatic carbocycles. The molecule has 168 valence electrons. The van der Waals surface area contributed by atoms with Crippen LogP contribution in [0.15, 0.2) is 58.6 Å². The van der Waals surface area contributed by atoms with Gasteiger partial charge >= 0.3 is 0 Å². The molecule has 4 rings (SSSR count). The Hall–Kier alpha value is -2.80. The first-order valence-corrected chi connectivity index (χ1v) is 12.3. The summed E-state index contributed by atoms with van der Waals surface area (Å²) in [5.74, 6) is 0.827. The minimum Gasteiger partial charge on any atom is -0.378 e. The molecule has 0 fully saturated rings. The van der Waals surface area contributed by atoms with E-state index >= 15 is 0 Å². The first-order valence-electron chi connectivity index (χ1n) is 11.3. The molecule has 2 aliphatic rings. The van der Waals surface area contributed by atoms with E-state index in [1.165, 1.54) is 25.7 Å². The number of hydrazone groups is 1. The molecule has 2 aromatic rings. The minimum absolute atomic E-state index is 0.120. The number of unbranched alkanes of at least 4 members (excludes halogenated alkanes) is 4. The first-order chi connectivity index (χ1) is 15.6. The Kier molecular flexibility index (Phi) is 7.15. The maximum Gasteiger partial charge on any atom is 0.276 e. The van der Waals surface area contributed by atoms with Gasteiger partial charge < -0.3 is 4.90 Å². The van der Waals surface area contributed by atoms with Crippen molar-refractivity contribution in [2.45, 2.75) is 45.2 Å². The van der Waals surface area contributed by atoms with Gasteiger partial charge in [0, 0.05) is 30.8 Å². The van der Waals surface area contributed by atoms with Gasteiger partial charge in [-0.2, -0.15) is 0 Å². The van der Waals surface area contributed by atoms with E-state index in [2.05, 4.69) is 41.4 Å². The van der Waals surface area contributed by atoms with Crippen molar-refractivity contribution in [2.24, 2.45) is 10.1 Å². The van der Waals surface area contributed by atoms with E-state index in [9.17, 15) is 4.79 Å². The standard InChI is InChI=1S/C25H31N5OS/c1-4-5-6-7-10-17-32-25-27-24(31)22-20-11-8-9-12-21(20)26-23(30(22)28-25)18-13-15-19(16-14-18)29(2)3/h8-9,11-16,23H,4-7,10,17H2,1-3H3,(H,27,28,31). The van der Waals surface area contributed by atoms with Crippen molar-refractivity contribution < 1.29 is 4.79 Å². The van der Waals surface area contributed by atoms with E-state index in [1.54, 1.807) is 16.8 Å². The van der Waals surface area contributed by atoms with Crippen LogP contribution in [0.4, 0.5) is 5.69 Å². The molecular weight excluding hydrogens is 418 g/mol. The molecule has 7 heteroatoms. The molecule has 0 bridgehead atoms. The number of carbonyl (C=O) groups is 1. The van der Waals surface area contributed by atoms with Crippen molar-refractivity contribution in [3.63, 3.8) is 0 Å². The van der Waals surface area contributed by atoms with Gasteiger partial charge in [0.25, 0.3) is 5.91 Å². The second-order valence-electron chi connectivity index (χ2n) is 8.32. The molecule has 1 atom stereocenters. The van der Waals surface area contributed by atoms with E-state index in [0.29, 0.717) is 10.9 Å². The van der Waals surface area contributed by atoms with Crippen LogP contribution in [0.3, 0.4) is 0 Å². The zero-order valence-corrected chi connectivity index (χ0v) is 19.9. The van der Waals surface area contributed by atoms with Crippen LogP contribution in [-0.4, -0.2) is 35.9 Å². The topological polar surface area (TPSA) is 60.3 Å². The third-order valence-electron chi connectivity index (χ3n) is 5.71. The second kappa shape index (κ2) is 10.2.